The molecule has 124 valence electrons. The average Bonchev–Trinajstić information content (AvgIpc) is 2.94. The van der Waals surface area contributed by atoms with Crippen LogP contribution < -0.4 is 4.90 Å². The highest BCUT2D eigenvalue weighted by Crippen LogP contribution is 2.22. The van der Waals surface area contributed by atoms with Crippen molar-refractivity contribution in [3.05, 3.63) is 36.5 Å². The minimum Gasteiger partial charge on any atom is -0.351 e. The van der Waals surface area contributed by atoms with Crippen molar-refractivity contribution in [3.8, 4) is 0 Å². The summed E-state index contributed by atoms with van der Waals surface area (Å²) in [4.78, 5) is 9.72. The molecule has 0 saturated carbocycles. The van der Waals surface area contributed by atoms with Crippen molar-refractivity contribution in [2.45, 2.75) is 18.1 Å². The molecule has 9 heteroatoms. The van der Waals surface area contributed by atoms with Crippen LogP contribution in [0.25, 0.3) is 0 Å². The lowest BCUT2D eigenvalue weighted by atomic mass is 10.2. The van der Waals surface area contributed by atoms with Crippen molar-refractivity contribution in [1.29, 1.82) is 0 Å². The van der Waals surface area contributed by atoms with Gasteiger partial charge in [-0.15, -0.1) is 0 Å². The molecule has 0 N–H and O–H groups in total. The van der Waals surface area contributed by atoms with E-state index in [0.29, 0.717) is 25.5 Å². The number of anilines is 1. The lowest BCUT2D eigenvalue weighted by Crippen LogP contribution is -2.54. The Kier molecular flexibility index (Phi) is 4.07. The van der Waals surface area contributed by atoms with E-state index >= 15 is 0 Å². The number of pyridine rings is 1. The largest absolute Gasteiger partial charge is 0.351 e. The van der Waals surface area contributed by atoms with Gasteiger partial charge >= 0.3 is 0 Å². The van der Waals surface area contributed by atoms with Crippen LogP contribution in [0.3, 0.4) is 0 Å². The molecule has 0 aliphatic carbocycles. The van der Waals surface area contributed by atoms with E-state index in [9.17, 15) is 12.8 Å². The minimum atomic E-state index is -3.63. The van der Waals surface area contributed by atoms with Crippen molar-refractivity contribution in [1.82, 2.24) is 18.8 Å². The Hall–Kier alpha value is -2.00. The van der Waals surface area contributed by atoms with Crippen LogP contribution in [-0.4, -0.2) is 52.9 Å². The number of aryl methyl sites for hydroxylation is 1. The van der Waals surface area contributed by atoms with Crippen LogP contribution >= 0.6 is 0 Å². The Morgan fingerprint density at radius 1 is 1.30 bits per heavy atom. The molecule has 2 aromatic heterocycles. The van der Waals surface area contributed by atoms with Gasteiger partial charge in [0.2, 0.25) is 11.1 Å². The van der Waals surface area contributed by atoms with Crippen LogP contribution in [0, 0.1) is 5.95 Å². The van der Waals surface area contributed by atoms with Gasteiger partial charge in [-0.1, -0.05) is 6.07 Å². The van der Waals surface area contributed by atoms with E-state index < -0.39 is 16.0 Å². The Morgan fingerprint density at radius 3 is 2.70 bits per heavy atom. The highest BCUT2D eigenvalue weighted by Gasteiger charge is 2.34. The van der Waals surface area contributed by atoms with Gasteiger partial charge in [-0.05, 0) is 19.1 Å². The van der Waals surface area contributed by atoms with Gasteiger partial charge in [0.05, 0.1) is 0 Å². The Bertz CT molecular complexity index is 807. The second-order valence-corrected chi connectivity index (χ2v) is 7.38. The summed E-state index contributed by atoms with van der Waals surface area (Å²) in [5.74, 6) is -0.0238. The van der Waals surface area contributed by atoms with Gasteiger partial charge in [-0.2, -0.15) is 8.70 Å². The molecule has 23 heavy (non-hydrogen) atoms. The fraction of sp³-hybridized carbons (Fsp3) is 0.429. The molecule has 0 spiro atoms. The molecule has 0 aromatic carbocycles. The number of hydrogen-bond donors (Lipinski definition) is 0. The number of hydrogen-bond acceptors (Lipinski definition) is 5. The standard InChI is InChI=1S/C14H18FN5O2S/c1-11-10-19(23(21,22)14-16-6-7-18(14)2)8-9-20(11)13-5-3-4-12(15)17-13/h3-7,11H,8-10H2,1-2H3. The van der Waals surface area contributed by atoms with Gasteiger partial charge in [-0.25, -0.2) is 18.4 Å². The van der Waals surface area contributed by atoms with E-state index in [0.717, 1.165) is 0 Å². The van der Waals surface area contributed by atoms with E-state index in [1.54, 1.807) is 25.4 Å². The molecule has 0 radical (unpaired) electrons. The number of nitrogens with zero attached hydrogens (tertiary/aromatic N) is 5. The third kappa shape index (κ3) is 2.93. The predicted molar refractivity (Wildman–Crippen MR) is 83.0 cm³/mol. The minimum absolute atomic E-state index is 0.0297. The third-order valence-corrected chi connectivity index (χ3v) is 5.80. The van der Waals surface area contributed by atoms with Crippen LogP contribution in [0.15, 0.2) is 35.7 Å². The molecule has 1 fully saturated rings. The number of sulfonamides is 1. The van der Waals surface area contributed by atoms with Crippen molar-refractivity contribution < 1.29 is 12.8 Å². The zero-order valence-electron chi connectivity index (χ0n) is 12.9. The summed E-state index contributed by atoms with van der Waals surface area (Å²) in [7, 11) is -1.98. The maximum atomic E-state index is 13.3. The number of rotatable bonds is 3. The van der Waals surface area contributed by atoms with Crippen molar-refractivity contribution in [2.24, 2.45) is 7.05 Å². The quantitative estimate of drug-likeness (QED) is 0.776. The zero-order valence-corrected chi connectivity index (χ0v) is 13.7. The van der Waals surface area contributed by atoms with E-state index in [2.05, 4.69) is 9.97 Å². The number of imidazole rings is 1. The highest BCUT2D eigenvalue weighted by molar-refractivity contribution is 7.89. The first kappa shape index (κ1) is 15.9. The smallest absolute Gasteiger partial charge is 0.277 e. The Labute approximate surface area is 134 Å². The Morgan fingerprint density at radius 2 is 2.09 bits per heavy atom. The fourth-order valence-electron chi connectivity index (χ4n) is 2.76. The van der Waals surface area contributed by atoms with Crippen LogP contribution in [0.5, 0.6) is 0 Å². The maximum absolute atomic E-state index is 13.3. The summed E-state index contributed by atoms with van der Waals surface area (Å²) in [6, 6.07) is 4.49. The van der Waals surface area contributed by atoms with Crippen LogP contribution in [0.4, 0.5) is 10.2 Å². The second kappa shape index (κ2) is 5.89. The van der Waals surface area contributed by atoms with E-state index in [4.69, 9.17) is 0 Å². The van der Waals surface area contributed by atoms with Crippen LogP contribution in [0.2, 0.25) is 0 Å². The van der Waals surface area contributed by atoms with Crippen molar-refractivity contribution in [3.63, 3.8) is 0 Å². The zero-order chi connectivity index (χ0) is 16.6. The summed E-state index contributed by atoms with van der Waals surface area (Å²) in [6.07, 6.45) is 3.06. The lowest BCUT2D eigenvalue weighted by molar-refractivity contribution is 0.337. The van der Waals surface area contributed by atoms with E-state index in [1.165, 1.54) is 21.1 Å². The summed E-state index contributed by atoms with van der Waals surface area (Å²) < 4.78 is 41.5. The molecule has 2 aromatic rings. The molecule has 1 atom stereocenters. The molecule has 1 unspecified atom stereocenters. The normalized spacial score (nSPS) is 20.0. The van der Waals surface area contributed by atoms with Gasteiger partial charge in [0.1, 0.15) is 5.82 Å². The molecule has 0 bridgehead atoms. The summed E-state index contributed by atoms with van der Waals surface area (Å²) >= 11 is 0. The van der Waals surface area contributed by atoms with E-state index in [-0.39, 0.29) is 11.2 Å². The Balaban J connectivity index is 1.80. The first-order valence-electron chi connectivity index (χ1n) is 7.26. The van der Waals surface area contributed by atoms with Crippen molar-refractivity contribution in [2.75, 3.05) is 24.5 Å². The molecule has 3 rings (SSSR count). The predicted octanol–water partition coefficient (Wildman–Crippen LogP) is 0.854. The molecule has 3 heterocycles. The fourth-order valence-corrected chi connectivity index (χ4v) is 4.34. The van der Waals surface area contributed by atoms with Gasteiger partial charge in [0.25, 0.3) is 10.0 Å². The molecule has 1 saturated heterocycles. The molecule has 7 nitrogen and oxygen atoms in total. The van der Waals surface area contributed by atoms with Gasteiger partial charge in [0.15, 0.2) is 0 Å². The first-order valence-corrected chi connectivity index (χ1v) is 8.70. The lowest BCUT2D eigenvalue weighted by Gasteiger charge is -2.39. The first-order chi connectivity index (χ1) is 10.9. The summed E-state index contributed by atoms with van der Waals surface area (Å²) in [6.45, 7) is 2.94. The number of aromatic nitrogens is 3. The molecular formula is C14H18FN5O2S. The number of piperazine rings is 1. The van der Waals surface area contributed by atoms with Crippen LogP contribution in [0.1, 0.15) is 6.92 Å². The summed E-state index contributed by atoms with van der Waals surface area (Å²) in [5.41, 5.74) is 0. The molecule has 0 amide bonds. The highest BCUT2D eigenvalue weighted by atomic mass is 32.2. The maximum Gasteiger partial charge on any atom is 0.277 e. The van der Waals surface area contributed by atoms with Gasteiger partial charge < -0.3 is 9.47 Å². The monoisotopic (exact) mass is 339 g/mol. The van der Waals surface area contributed by atoms with Gasteiger partial charge in [-0.3, -0.25) is 0 Å². The number of halogens is 1. The molecule has 1 aliphatic rings. The van der Waals surface area contributed by atoms with Crippen LogP contribution in [-0.2, 0) is 17.1 Å². The molecule has 1 aliphatic heterocycles. The van der Waals surface area contributed by atoms with E-state index in [1.807, 2.05) is 11.8 Å². The second-order valence-electron chi connectivity index (χ2n) is 5.54. The average molecular weight is 339 g/mol. The molecular weight excluding hydrogens is 321 g/mol. The third-order valence-electron chi connectivity index (χ3n) is 3.93. The van der Waals surface area contributed by atoms with Gasteiger partial charge in [0, 0.05) is 45.1 Å². The topological polar surface area (TPSA) is 71.3 Å². The van der Waals surface area contributed by atoms with Crippen molar-refractivity contribution >= 4 is 15.8 Å². The summed E-state index contributed by atoms with van der Waals surface area (Å²) in [5, 5.41) is 0.0297. The SMILES string of the molecule is CC1CN(S(=O)(=O)c2nccn2C)CCN1c1cccc(F)n1.